The lowest BCUT2D eigenvalue weighted by molar-refractivity contribution is -0.139. The molecule has 1 N–H and O–H groups in total. The van der Waals surface area contributed by atoms with Gasteiger partial charge in [0.2, 0.25) is 0 Å². The highest BCUT2D eigenvalue weighted by molar-refractivity contribution is 7.12. The summed E-state index contributed by atoms with van der Waals surface area (Å²) in [5.41, 5.74) is 1.50. The van der Waals surface area contributed by atoms with Crippen molar-refractivity contribution < 1.29 is 9.90 Å². The lowest BCUT2D eigenvalue weighted by Crippen LogP contribution is -2.21. The molecule has 1 aliphatic carbocycles. The van der Waals surface area contributed by atoms with E-state index in [0.717, 1.165) is 25.7 Å². The van der Waals surface area contributed by atoms with Gasteiger partial charge in [0, 0.05) is 9.75 Å². The highest BCUT2D eigenvalue weighted by atomic mass is 32.1. The monoisotopic (exact) mass is 266 g/mol. The van der Waals surface area contributed by atoms with E-state index < -0.39 is 5.97 Å². The van der Waals surface area contributed by atoms with Gasteiger partial charge in [-0.05, 0) is 56.6 Å². The Morgan fingerprint density at radius 2 is 2.06 bits per heavy atom. The third-order valence-corrected chi connectivity index (χ3v) is 5.27. The molecular formula is C15H22O2S. The third kappa shape index (κ3) is 3.14. The molecule has 1 saturated carbocycles. The number of hydrogen-bond acceptors (Lipinski definition) is 2. The minimum Gasteiger partial charge on any atom is -0.481 e. The van der Waals surface area contributed by atoms with Crippen LogP contribution in [0.5, 0.6) is 0 Å². The van der Waals surface area contributed by atoms with E-state index in [1.54, 1.807) is 0 Å². The molecule has 0 amide bonds. The Hall–Kier alpha value is -0.830. The van der Waals surface area contributed by atoms with Crippen LogP contribution in [0.4, 0.5) is 0 Å². The molecule has 0 spiro atoms. The van der Waals surface area contributed by atoms with E-state index in [1.165, 1.54) is 28.2 Å². The van der Waals surface area contributed by atoms with Gasteiger partial charge in [-0.2, -0.15) is 0 Å². The predicted octanol–water partition coefficient (Wildman–Crippen LogP) is 4.33. The van der Waals surface area contributed by atoms with Gasteiger partial charge < -0.3 is 5.11 Å². The van der Waals surface area contributed by atoms with Crippen LogP contribution in [-0.4, -0.2) is 11.1 Å². The van der Waals surface area contributed by atoms with E-state index in [0.29, 0.717) is 6.42 Å². The topological polar surface area (TPSA) is 37.3 Å². The molecule has 0 atom stereocenters. The molecule has 0 bridgehead atoms. The summed E-state index contributed by atoms with van der Waals surface area (Å²) in [7, 11) is 0. The molecule has 2 rings (SSSR count). The number of thiophene rings is 1. The van der Waals surface area contributed by atoms with Gasteiger partial charge in [-0.1, -0.05) is 12.8 Å². The summed E-state index contributed by atoms with van der Waals surface area (Å²) in [5.74, 6) is -0.630. The number of carboxylic acid groups (broad SMARTS) is 1. The maximum atomic E-state index is 11.0. The quantitative estimate of drug-likeness (QED) is 0.861. The van der Waals surface area contributed by atoms with E-state index in [1.807, 2.05) is 11.3 Å². The van der Waals surface area contributed by atoms with Gasteiger partial charge >= 0.3 is 5.97 Å². The van der Waals surface area contributed by atoms with Gasteiger partial charge in [-0.25, -0.2) is 0 Å². The first-order chi connectivity index (χ1) is 8.51. The van der Waals surface area contributed by atoms with Crippen molar-refractivity contribution in [3.8, 4) is 0 Å². The van der Waals surface area contributed by atoms with Crippen LogP contribution in [0.1, 0.15) is 53.8 Å². The number of rotatable bonds is 5. The molecule has 1 heterocycles. The Labute approximate surface area is 113 Å². The highest BCUT2D eigenvalue weighted by Gasteiger charge is 2.35. The van der Waals surface area contributed by atoms with E-state index >= 15 is 0 Å². The van der Waals surface area contributed by atoms with Crippen molar-refractivity contribution in [3.05, 3.63) is 21.4 Å². The van der Waals surface area contributed by atoms with Crippen LogP contribution in [0, 0.1) is 19.3 Å². The summed E-state index contributed by atoms with van der Waals surface area (Å²) in [5, 5.41) is 9.10. The van der Waals surface area contributed by atoms with Gasteiger partial charge in [-0.15, -0.1) is 11.3 Å². The van der Waals surface area contributed by atoms with Crippen LogP contribution in [-0.2, 0) is 11.2 Å². The summed E-state index contributed by atoms with van der Waals surface area (Å²) in [4.78, 5) is 13.8. The molecule has 18 heavy (non-hydrogen) atoms. The maximum absolute atomic E-state index is 11.0. The molecular weight excluding hydrogens is 244 g/mol. The number of aliphatic carboxylic acids is 1. The van der Waals surface area contributed by atoms with Crippen molar-refractivity contribution in [2.45, 2.75) is 58.8 Å². The first kappa shape index (κ1) is 13.6. The zero-order valence-corrected chi connectivity index (χ0v) is 12.1. The molecule has 0 saturated heterocycles. The summed E-state index contributed by atoms with van der Waals surface area (Å²) in [6.45, 7) is 4.31. The highest BCUT2D eigenvalue weighted by Crippen LogP contribution is 2.45. The van der Waals surface area contributed by atoms with Crippen LogP contribution in [0.25, 0.3) is 0 Å². The second-order valence-corrected chi connectivity index (χ2v) is 7.18. The van der Waals surface area contributed by atoms with Crippen molar-refractivity contribution in [1.82, 2.24) is 0 Å². The Morgan fingerprint density at radius 3 is 2.56 bits per heavy atom. The fourth-order valence-corrected chi connectivity index (χ4v) is 4.27. The minimum absolute atomic E-state index is 0.0775. The van der Waals surface area contributed by atoms with Gasteiger partial charge in [0.15, 0.2) is 0 Å². The molecule has 0 aliphatic heterocycles. The first-order valence-electron chi connectivity index (χ1n) is 6.78. The smallest absolute Gasteiger partial charge is 0.303 e. The van der Waals surface area contributed by atoms with Crippen LogP contribution < -0.4 is 0 Å². The van der Waals surface area contributed by atoms with Crippen LogP contribution in [0.2, 0.25) is 0 Å². The lowest BCUT2D eigenvalue weighted by Gasteiger charge is -2.27. The molecule has 1 aromatic heterocycles. The van der Waals surface area contributed by atoms with Crippen molar-refractivity contribution in [3.63, 3.8) is 0 Å². The first-order valence-corrected chi connectivity index (χ1v) is 7.60. The Balaban J connectivity index is 2.02. The molecule has 0 radical (unpaired) electrons. The van der Waals surface area contributed by atoms with Crippen LogP contribution in [0.3, 0.4) is 0 Å². The number of hydrogen-bond donors (Lipinski definition) is 1. The van der Waals surface area contributed by atoms with Crippen molar-refractivity contribution in [2.24, 2.45) is 5.41 Å². The number of aryl methyl sites for hydroxylation is 3. The Bertz CT molecular complexity index is 428. The largest absolute Gasteiger partial charge is 0.481 e. The minimum atomic E-state index is -0.630. The Kier molecular flexibility index (Phi) is 4.10. The molecule has 0 unspecified atom stereocenters. The average Bonchev–Trinajstić information content (AvgIpc) is 2.83. The molecule has 1 aliphatic rings. The van der Waals surface area contributed by atoms with Crippen molar-refractivity contribution >= 4 is 17.3 Å². The van der Waals surface area contributed by atoms with Gasteiger partial charge in [-0.3, -0.25) is 4.79 Å². The molecule has 0 aromatic carbocycles. The summed E-state index contributed by atoms with van der Waals surface area (Å²) in [6.07, 6.45) is 7.04. The molecule has 100 valence electrons. The van der Waals surface area contributed by atoms with E-state index in [4.69, 9.17) is 5.11 Å². The molecule has 1 aromatic rings. The van der Waals surface area contributed by atoms with Crippen molar-refractivity contribution in [2.75, 3.05) is 0 Å². The zero-order chi connectivity index (χ0) is 13.2. The standard InChI is InChI=1S/C15H22O2S/c1-11-9-13(12(2)18-11)5-8-15(10-14(16)17)6-3-4-7-15/h9H,3-8,10H2,1-2H3,(H,16,17). The van der Waals surface area contributed by atoms with E-state index in [2.05, 4.69) is 19.9 Å². The SMILES string of the molecule is Cc1cc(CCC2(CC(=O)O)CCCC2)c(C)s1. The van der Waals surface area contributed by atoms with E-state index in [-0.39, 0.29) is 5.41 Å². The third-order valence-electron chi connectivity index (χ3n) is 4.26. The Morgan fingerprint density at radius 1 is 1.39 bits per heavy atom. The fraction of sp³-hybridized carbons (Fsp3) is 0.667. The second-order valence-electron chi connectivity index (χ2n) is 5.72. The molecule has 3 heteroatoms. The summed E-state index contributed by atoms with van der Waals surface area (Å²) >= 11 is 1.85. The maximum Gasteiger partial charge on any atom is 0.303 e. The fourth-order valence-electron chi connectivity index (χ4n) is 3.29. The van der Waals surface area contributed by atoms with Gasteiger partial charge in [0.05, 0.1) is 6.42 Å². The van der Waals surface area contributed by atoms with Gasteiger partial charge in [0.1, 0.15) is 0 Å². The van der Waals surface area contributed by atoms with Crippen molar-refractivity contribution in [1.29, 1.82) is 0 Å². The summed E-state index contributed by atoms with van der Waals surface area (Å²) in [6, 6.07) is 2.27. The molecule has 1 fully saturated rings. The van der Waals surface area contributed by atoms with E-state index in [9.17, 15) is 4.79 Å². The van der Waals surface area contributed by atoms with Crippen LogP contribution in [0.15, 0.2) is 6.07 Å². The van der Waals surface area contributed by atoms with Crippen LogP contribution >= 0.6 is 11.3 Å². The molecule has 2 nitrogen and oxygen atoms in total. The number of carbonyl (C=O) groups is 1. The van der Waals surface area contributed by atoms with Gasteiger partial charge in [0.25, 0.3) is 0 Å². The average molecular weight is 266 g/mol. The second kappa shape index (κ2) is 5.43. The lowest BCUT2D eigenvalue weighted by atomic mass is 9.77. The zero-order valence-electron chi connectivity index (χ0n) is 11.3. The summed E-state index contributed by atoms with van der Waals surface area (Å²) < 4.78 is 0. The number of carboxylic acids is 1. The predicted molar refractivity (Wildman–Crippen MR) is 75.3 cm³/mol. The normalized spacial score (nSPS) is 18.1.